The van der Waals surface area contributed by atoms with Gasteiger partial charge in [-0.05, 0) is 32.9 Å². The molecule has 0 saturated carbocycles. The third-order valence-electron chi connectivity index (χ3n) is 1.66. The fourth-order valence-electron chi connectivity index (χ4n) is 1.19. The summed E-state index contributed by atoms with van der Waals surface area (Å²) in [4.78, 5) is 0. The maximum atomic E-state index is 12.4. The first kappa shape index (κ1) is 11.0. The predicted octanol–water partition coefficient (Wildman–Crippen LogP) is 3.83. The molecule has 0 fully saturated rings. The molecule has 0 amide bonds. The van der Waals surface area contributed by atoms with Crippen LogP contribution in [0.25, 0.3) is 0 Å². The molecule has 0 spiro atoms. The van der Waals surface area contributed by atoms with Gasteiger partial charge in [-0.3, -0.25) is 0 Å². The van der Waals surface area contributed by atoms with Crippen molar-refractivity contribution in [1.29, 1.82) is 0 Å². The highest BCUT2D eigenvalue weighted by atomic mass is 19.3. The quantitative estimate of drug-likeness (QED) is 0.763. The van der Waals surface area contributed by atoms with Gasteiger partial charge in [-0.2, -0.15) is 0 Å². The van der Waals surface area contributed by atoms with Crippen LogP contribution in [0.5, 0.6) is 0 Å². The van der Waals surface area contributed by atoms with Gasteiger partial charge in [0, 0.05) is 16.8 Å². The smallest absolute Gasteiger partial charge is 0.263 e. The molecule has 0 heterocycles. The topological polar surface area (TPSA) is 12.0 Å². The van der Waals surface area contributed by atoms with E-state index in [0.717, 1.165) is 5.69 Å². The number of anilines is 1. The largest absolute Gasteiger partial charge is 0.380 e. The van der Waals surface area contributed by atoms with Crippen molar-refractivity contribution in [2.45, 2.75) is 32.7 Å². The molecule has 3 heteroatoms. The van der Waals surface area contributed by atoms with E-state index in [1.54, 1.807) is 12.1 Å². The zero-order chi connectivity index (χ0) is 10.8. The second kappa shape index (κ2) is 3.95. The van der Waals surface area contributed by atoms with E-state index in [1.807, 2.05) is 20.8 Å². The Morgan fingerprint density at radius 3 is 2.36 bits per heavy atom. The SMILES string of the molecule is CC(C)(C)Nc1cccc(C(F)F)c1. The lowest BCUT2D eigenvalue weighted by atomic mass is 10.1. The fourth-order valence-corrected chi connectivity index (χ4v) is 1.19. The standard InChI is InChI=1S/C11H15F2N/c1-11(2,3)14-9-6-4-5-8(7-9)10(12)13/h4-7,10,14H,1-3H3. The molecule has 0 radical (unpaired) electrons. The van der Waals surface area contributed by atoms with Crippen molar-refractivity contribution >= 4 is 5.69 Å². The minimum atomic E-state index is -2.41. The van der Waals surface area contributed by atoms with E-state index >= 15 is 0 Å². The van der Waals surface area contributed by atoms with Gasteiger partial charge in [-0.15, -0.1) is 0 Å². The molecule has 1 nitrogen and oxygen atoms in total. The van der Waals surface area contributed by atoms with Gasteiger partial charge < -0.3 is 5.32 Å². The molecule has 0 unspecified atom stereocenters. The van der Waals surface area contributed by atoms with Crippen molar-refractivity contribution in [3.8, 4) is 0 Å². The Balaban J connectivity index is 2.84. The van der Waals surface area contributed by atoms with Crippen molar-refractivity contribution in [1.82, 2.24) is 0 Å². The molecule has 1 N–H and O–H groups in total. The van der Waals surface area contributed by atoms with E-state index in [1.165, 1.54) is 12.1 Å². The van der Waals surface area contributed by atoms with Crippen LogP contribution in [0.15, 0.2) is 24.3 Å². The Labute approximate surface area is 83.1 Å². The third kappa shape index (κ3) is 3.32. The number of rotatable bonds is 2. The van der Waals surface area contributed by atoms with E-state index in [4.69, 9.17) is 0 Å². The number of benzene rings is 1. The van der Waals surface area contributed by atoms with Crippen molar-refractivity contribution in [3.63, 3.8) is 0 Å². The summed E-state index contributed by atoms with van der Waals surface area (Å²) in [6, 6.07) is 6.33. The first-order chi connectivity index (χ1) is 6.38. The first-order valence-electron chi connectivity index (χ1n) is 4.55. The molecule has 0 atom stereocenters. The van der Waals surface area contributed by atoms with E-state index in [0.29, 0.717) is 0 Å². The maximum absolute atomic E-state index is 12.4. The molecule has 1 aromatic rings. The minimum Gasteiger partial charge on any atom is -0.380 e. The number of nitrogens with one attached hydrogen (secondary N) is 1. The van der Waals surface area contributed by atoms with E-state index in [-0.39, 0.29) is 11.1 Å². The Hall–Kier alpha value is -1.12. The van der Waals surface area contributed by atoms with Gasteiger partial charge in [-0.25, -0.2) is 8.78 Å². The van der Waals surface area contributed by atoms with Gasteiger partial charge in [0.2, 0.25) is 0 Å². The summed E-state index contributed by atoms with van der Waals surface area (Å²) in [6.45, 7) is 5.96. The number of hydrogen-bond donors (Lipinski definition) is 1. The molecule has 0 saturated heterocycles. The van der Waals surface area contributed by atoms with Crippen LogP contribution in [-0.2, 0) is 0 Å². The summed E-state index contributed by atoms with van der Waals surface area (Å²) in [7, 11) is 0. The molecule has 0 aliphatic heterocycles. The van der Waals surface area contributed by atoms with Crippen LogP contribution in [0, 0.1) is 0 Å². The zero-order valence-corrected chi connectivity index (χ0v) is 8.64. The van der Waals surface area contributed by atoms with Crippen LogP contribution in [0.1, 0.15) is 32.8 Å². The molecule has 0 aliphatic rings. The monoisotopic (exact) mass is 199 g/mol. The van der Waals surface area contributed by atoms with Crippen molar-refractivity contribution in [2.75, 3.05) is 5.32 Å². The lowest BCUT2D eigenvalue weighted by Crippen LogP contribution is -2.25. The van der Waals surface area contributed by atoms with Gasteiger partial charge in [0.25, 0.3) is 6.43 Å². The van der Waals surface area contributed by atoms with Crippen molar-refractivity contribution < 1.29 is 8.78 Å². The van der Waals surface area contributed by atoms with Gasteiger partial charge >= 0.3 is 0 Å². The second-order valence-electron chi connectivity index (χ2n) is 4.30. The molecule has 0 aliphatic carbocycles. The maximum Gasteiger partial charge on any atom is 0.263 e. The normalized spacial score (nSPS) is 11.9. The van der Waals surface area contributed by atoms with Gasteiger partial charge in [0.15, 0.2) is 0 Å². The fraction of sp³-hybridized carbons (Fsp3) is 0.455. The molecule has 14 heavy (non-hydrogen) atoms. The van der Waals surface area contributed by atoms with Crippen LogP contribution >= 0.6 is 0 Å². The third-order valence-corrected chi connectivity index (χ3v) is 1.66. The molecular formula is C11H15F2N. The lowest BCUT2D eigenvalue weighted by molar-refractivity contribution is 0.151. The number of alkyl halides is 2. The summed E-state index contributed by atoms with van der Waals surface area (Å²) >= 11 is 0. The van der Waals surface area contributed by atoms with E-state index < -0.39 is 6.43 Å². The van der Waals surface area contributed by atoms with Crippen molar-refractivity contribution in [3.05, 3.63) is 29.8 Å². The van der Waals surface area contributed by atoms with Gasteiger partial charge in [-0.1, -0.05) is 12.1 Å². The summed E-state index contributed by atoms with van der Waals surface area (Å²) in [5.74, 6) is 0. The second-order valence-corrected chi connectivity index (χ2v) is 4.30. The zero-order valence-electron chi connectivity index (χ0n) is 8.64. The molecule has 0 aromatic heterocycles. The van der Waals surface area contributed by atoms with Crippen LogP contribution in [-0.4, -0.2) is 5.54 Å². The highest BCUT2D eigenvalue weighted by molar-refractivity contribution is 5.47. The summed E-state index contributed by atoms with van der Waals surface area (Å²) in [5.41, 5.74) is 0.676. The van der Waals surface area contributed by atoms with Gasteiger partial charge in [0.1, 0.15) is 0 Å². The van der Waals surface area contributed by atoms with Crippen LogP contribution in [0.2, 0.25) is 0 Å². The molecular weight excluding hydrogens is 184 g/mol. The Morgan fingerprint density at radius 1 is 1.21 bits per heavy atom. The Bertz CT molecular complexity index is 302. The Morgan fingerprint density at radius 2 is 1.86 bits per heavy atom. The average Bonchev–Trinajstić information content (AvgIpc) is 2.01. The van der Waals surface area contributed by atoms with E-state index in [9.17, 15) is 8.78 Å². The molecule has 78 valence electrons. The van der Waals surface area contributed by atoms with Crippen LogP contribution in [0.3, 0.4) is 0 Å². The van der Waals surface area contributed by atoms with Crippen LogP contribution in [0.4, 0.5) is 14.5 Å². The average molecular weight is 199 g/mol. The lowest BCUT2D eigenvalue weighted by Gasteiger charge is -2.22. The summed E-state index contributed by atoms with van der Waals surface area (Å²) in [6.07, 6.45) is -2.41. The number of halogens is 2. The summed E-state index contributed by atoms with van der Waals surface area (Å²) in [5, 5.41) is 3.14. The predicted molar refractivity (Wildman–Crippen MR) is 54.8 cm³/mol. The first-order valence-corrected chi connectivity index (χ1v) is 4.55. The number of hydrogen-bond acceptors (Lipinski definition) is 1. The Kier molecular flexibility index (Phi) is 3.09. The molecule has 1 aromatic carbocycles. The highest BCUT2D eigenvalue weighted by Crippen LogP contribution is 2.23. The molecule has 1 rings (SSSR count). The highest BCUT2D eigenvalue weighted by Gasteiger charge is 2.11. The molecule has 0 bridgehead atoms. The van der Waals surface area contributed by atoms with Crippen LogP contribution < -0.4 is 5.32 Å². The van der Waals surface area contributed by atoms with Crippen molar-refractivity contribution in [2.24, 2.45) is 0 Å². The minimum absolute atomic E-state index is 0.0549. The summed E-state index contributed by atoms with van der Waals surface area (Å²) < 4.78 is 24.7. The van der Waals surface area contributed by atoms with E-state index in [2.05, 4.69) is 5.32 Å². The van der Waals surface area contributed by atoms with Gasteiger partial charge in [0.05, 0.1) is 0 Å².